The highest BCUT2D eigenvalue weighted by Crippen LogP contribution is 2.27. The number of aryl methyl sites for hydroxylation is 1. The van der Waals surface area contributed by atoms with Crippen molar-refractivity contribution in [1.29, 1.82) is 0 Å². The Morgan fingerprint density at radius 1 is 1.33 bits per heavy atom. The van der Waals surface area contributed by atoms with E-state index in [0.717, 1.165) is 23.4 Å². The maximum Gasteiger partial charge on any atom is 0.272 e. The second kappa shape index (κ2) is 7.02. The van der Waals surface area contributed by atoms with Gasteiger partial charge in [0.05, 0.1) is 0 Å². The molecule has 2 aromatic rings. The monoisotopic (exact) mass is 325 g/mol. The van der Waals surface area contributed by atoms with Gasteiger partial charge in [0.25, 0.3) is 10.0 Å². The third-order valence-electron chi connectivity index (χ3n) is 2.88. The fourth-order valence-corrected chi connectivity index (χ4v) is 4.35. The molecule has 2 rings (SSSR count). The Kier molecular flexibility index (Phi) is 5.33. The minimum absolute atomic E-state index is 0.318. The van der Waals surface area contributed by atoms with Crippen molar-refractivity contribution in [3.8, 4) is 0 Å². The number of nitrogens with zero attached hydrogens (tertiary/aromatic N) is 1. The van der Waals surface area contributed by atoms with Crippen LogP contribution in [-0.4, -0.2) is 19.9 Å². The molecule has 0 aliphatic heterocycles. The van der Waals surface area contributed by atoms with Crippen LogP contribution in [-0.2, 0) is 16.6 Å². The highest BCUT2D eigenvalue weighted by molar-refractivity contribution is 7.94. The van der Waals surface area contributed by atoms with E-state index in [9.17, 15) is 8.42 Å². The van der Waals surface area contributed by atoms with Gasteiger partial charge in [0, 0.05) is 17.6 Å². The van der Waals surface area contributed by atoms with E-state index < -0.39 is 10.0 Å². The SMILES string of the molecule is CCCNCc1sc(S(=O)(=O)Nc2ccccn2)cc1C. The van der Waals surface area contributed by atoms with Crippen LogP contribution in [0.1, 0.15) is 23.8 Å². The lowest BCUT2D eigenvalue weighted by Crippen LogP contribution is -2.13. The molecule has 0 unspecified atom stereocenters. The zero-order chi connectivity index (χ0) is 15.3. The van der Waals surface area contributed by atoms with Crippen LogP contribution >= 0.6 is 11.3 Å². The molecule has 2 heterocycles. The van der Waals surface area contributed by atoms with Crippen molar-refractivity contribution in [3.05, 3.63) is 40.9 Å². The lowest BCUT2D eigenvalue weighted by Gasteiger charge is -2.04. The lowest BCUT2D eigenvalue weighted by molar-refractivity contribution is 0.603. The van der Waals surface area contributed by atoms with Crippen LogP contribution in [0, 0.1) is 6.92 Å². The number of nitrogens with one attached hydrogen (secondary N) is 2. The number of pyridine rings is 1. The molecular weight excluding hydrogens is 306 g/mol. The molecule has 0 spiro atoms. The summed E-state index contributed by atoms with van der Waals surface area (Å²) in [5, 5.41) is 3.29. The quantitative estimate of drug-likeness (QED) is 0.768. The van der Waals surface area contributed by atoms with E-state index in [4.69, 9.17) is 0 Å². The van der Waals surface area contributed by atoms with Gasteiger partial charge in [-0.25, -0.2) is 13.4 Å². The van der Waals surface area contributed by atoms with E-state index in [1.54, 1.807) is 30.5 Å². The summed E-state index contributed by atoms with van der Waals surface area (Å²) >= 11 is 1.30. The van der Waals surface area contributed by atoms with Crippen LogP contribution in [0.2, 0.25) is 0 Å². The second-order valence-corrected chi connectivity index (χ2v) is 7.71. The fourth-order valence-electron chi connectivity index (χ4n) is 1.79. The van der Waals surface area contributed by atoms with Gasteiger partial charge in [-0.1, -0.05) is 13.0 Å². The maximum atomic E-state index is 12.3. The Labute approximate surface area is 129 Å². The van der Waals surface area contributed by atoms with E-state index in [-0.39, 0.29) is 0 Å². The summed E-state index contributed by atoms with van der Waals surface area (Å²) in [5.74, 6) is 0.328. The van der Waals surface area contributed by atoms with Crippen LogP contribution in [0.3, 0.4) is 0 Å². The predicted octanol–water partition coefficient (Wildman–Crippen LogP) is 2.75. The molecular formula is C14H19N3O2S2. The van der Waals surface area contributed by atoms with E-state index in [0.29, 0.717) is 16.6 Å². The van der Waals surface area contributed by atoms with E-state index >= 15 is 0 Å². The molecule has 7 heteroatoms. The Morgan fingerprint density at radius 2 is 2.14 bits per heavy atom. The minimum Gasteiger partial charge on any atom is -0.312 e. The van der Waals surface area contributed by atoms with Crippen LogP contribution in [0.4, 0.5) is 5.82 Å². The summed E-state index contributed by atoms with van der Waals surface area (Å²) in [6.07, 6.45) is 2.61. The first-order valence-corrected chi connectivity index (χ1v) is 9.07. The number of rotatable bonds is 7. The third kappa shape index (κ3) is 4.26. The average molecular weight is 325 g/mol. The number of hydrogen-bond donors (Lipinski definition) is 2. The molecule has 0 amide bonds. The number of hydrogen-bond acceptors (Lipinski definition) is 5. The molecule has 2 N–H and O–H groups in total. The molecule has 0 aliphatic rings. The van der Waals surface area contributed by atoms with E-state index in [1.165, 1.54) is 11.3 Å². The molecule has 0 saturated carbocycles. The molecule has 0 aromatic carbocycles. The first kappa shape index (κ1) is 15.9. The Balaban J connectivity index is 2.15. The van der Waals surface area contributed by atoms with E-state index in [2.05, 4.69) is 21.9 Å². The van der Waals surface area contributed by atoms with Gasteiger partial charge in [0.1, 0.15) is 10.0 Å². The maximum absolute atomic E-state index is 12.3. The number of anilines is 1. The fraction of sp³-hybridized carbons (Fsp3) is 0.357. The van der Waals surface area contributed by atoms with Crippen LogP contribution in [0.15, 0.2) is 34.7 Å². The Hall–Kier alpha value is -1.44. The van der Waals surface area contributed by atoms with Crippen molar-refractivity contribution >= 4 is 27.2 Å². The highest BCUT2D eigenvalue weighted by atomic mass is 32.2. The van der Waals surface area contributed by atoms with Gasteiger partial charge in [0.2, 0.25) is 0 Å². The van der Waals surface area contributed by atoms with Crippen LogP contribution < -0.4 is 10.0 Å². The van der Waals surface area contributed by atoms with Crippen molar-refractivity contribution in [2.75, 3.05) is 11.3 Å². The molecule has 2 aromatic heterocycles. The van der Waals surface area contributed by atoms with Crippen LogP contribution in [0.5, 0.6) is 0 Å². The standard InChI is InChI=1S/C14H19N3O2S2/c1-3-7-15-10-12-11(2)9-14(20-12)21(18,19)17-13-6-4-5-8-16-13/h4-6,8-9,15H,3,7,10H2,1-2H3,(H,16,17). The normalized spacial score (nSPS) is 11.5. The van der Waals surface area contributed by atoms with E-state index in [1.807, 2.05) is 6.92 Å². The minimum atomic E-state index is -3.57. The van der Waals surface area contributed by atoms with Crippen LogP contribution in [0.25, 0.3) is 0 Å². The number of aromatic nitrogens is 1. The summed E-state index contributed by atoms with van der Waals surface area (Å²) < 4.78 is 27.5. The summed E-state index contributed by atoms with van der Waals surface area (Å²) in [4.78, 5) is 5.03. The summed E-state index contributed by atoms with van der Waals surface area (Å²) in [6.45, 7) is 5.65. The first-order valence-electron chi connectivity index (χ1n) is 6.77. The van der Waals surface area contributed by atoms with Gasteiger partial charge in [-0.2, -0.15) is 0 Å². The van der Waals surface area contributed by atoms with Crippen molar-refractivity contribution in [2.45, 2.75) is 31.0 Å². The molecule has 0 aliphatic carbocycles. The van der Waals surface area contributed by atoms with Gasteiger partial charge in [0.15, 0.2) is 0 Å². The molecule has 0 saturated heterocycles. The van der Waals surface area contributed by atoms with Gasteiger partial charge >= 0.3 is 0 Å². The molecule has 5 nitrogen and oxygen atoms in total. The molecule has 0 atom stereocenters. The van der Waals surface area contributed by atoms with Gasteiger partial charge < -0.3 is 5.32 Å². The molecule has 114 valence electrons. The van der Waals surface area contributed by atoms with Crippen molar-refractivity contribution in [3.63, 3.8) is 0 Å². The number of sulfonamides is 1. The first-order chi connectivity index (χ1) is 10.0. The van der Waals surface area contributed by atoms with Crippen molar-refractivity contribution in [1.82, 2.24) is 10.3 Å². The zero-order valence-corrected chi connectivity index (χ0v) is 13.7. The summed E-state index contributed by atoms with van der Waals surface area (Å²) in [7, 11) is -3.57. The zero-order valence-electron chi connectivity index (χ0n) is 12.1. The number of thiophene rings is 1. The van der Waals surface area contributed by atoms with Gasteiger partial charge in [-0.05, 0) is 43.7 Å². The molecule has 0 radical (unpaired) electrons. The van der Waals surface area contributed by atoms with Crippen molar-refractivity contribution < 1.29 is 8.42 Å². The van der Waals surface area contributed by atoms with Gasteiger partial charge in [-0.3, -0.25) is 4.72 Å². The third-order valence-corrected chi connectivity index (χ3v) is 5.94. The van der Waals surface area contributed by atoms with Crippen molar-refractivity contribution in [2.24, 2.45) is 0 Å². The summed E-state index contributed by atoms with van der Waals surface area (Å²) in [6, 6.07) is 6.82. The summed E-state index contributed by atoms with van der Waals surface area (Å²) in [5.41, 5.74) is 0.991. The predicted molar refractivity (Wildman–Crippen MR) is 86.1 cm³/mol. The smallest absolute Gasteiger partial charge is 0.272 e. The molecule has 0 fully saturated rings. The lowest BCUT2D eigenvalue weighted by atomic mass is 10.3. The molecule has 21 heavy (non-hydrogen) atoms. The Morgan fingerprint density at radius 3 is 2.81 bits per heavy atom. The average Bonchev–Trinajstić information content (AvgIpc) is 2.82. The highest BCUT2D eigenvalue weighted by Gasteiger charge is 2.19. The topological polar surface area (TPSA) is 71.1 Å². The van der Waals surface area contributed by atoms with Gasteiger partial charge in [-0.15, -0.1) is 11.3 Å². The molecule has 0 bridgehead atoms. The second-order valence-electron chi connectivity index (χ2n) is 4.67. The Bertz CT molecular complexity index is 681. The largest absolute Gasteiger partial charge is 0.312 e.